The van der Waals surface area contributed by atoms with Gasteiger partial charge in [-0.2, -0.15) is 0 Å². The Morgan fingerprint density at radius 3 is 2.61 bits per heavy atom. The molecule has 2 rings (SSSR count). The molecule has 0 bridgehead atoms. The van der Waals surface area contributed by atoms with Crippen molar-refractivity contribution >= 4 is 17.6 Å². The molecule has 0 atom stereocenters. The fourth-order valence-corrected chi connectivity index (χ4v) is 2.26. The molecule has 120 valence electrons. The van der Waals surface area contributed by atoms with E-state index in [2.05, 4.69) is 10.1 Å². The molecule has 23 heavy (non-hydrogen) atoms. The van der Waals surface area contributed by atoms with Crippen LogP contribution in [0.4, 0.5) is 5.69 Å². The fraction of sp³-hybridized carbons (Fsp3) is 0.222. The molecule has 0 aliphatic rings. The summed E-state index contributed by atoms with van der Waals surface area (Å²) < 4.78 is 4.58. The first-order valence-electron chi connectivity index (χ1n) is 7.27. The molecule has 0 saturated carbocycles. The maximum atomic E-state index is 12.0. The van der Waals surface area contributed by atoms with Crippen LogP contribution in [0.3, 0.4) is 0 Å². The third-order valence-electron chi connectivity index (χ3n) is 3.44. The molecule has 2 aromatic rings. The van der Waals surface area contributed by atoms with Gasteiger partial charge in [-0.05, 0) is 31.0 Å². The number of methoxy groups -OCH3 is 1. The Kier molecular flexibility index (Phi) is 5.36. The Labute approximate surface area is 134 Å². The van der Waals surface area contributed by atoms with Gasteiger partial charge in [0.1, 0.15) is 5.56 Å². The molecule has 0 spiro atoms. The minimum atomic E-state index is -0.654. The monoisotopic (exact) mass is 313 g/mol. The second-order valence-corrected chi connectivity index (χ2v) is 5.23. The lowest BCUT2D eigenvalue weighted by atomic mass is 10.1. The lowest BCUT2D eigenvalue weighted by Gasteiger charge is -2.10. The van der Waals surface area contributed by atoms with Crippen molar-refractivity contribution in [2.75, 3.05) is 12.4 Å². The second kappa shape index (κ2) is 7.45. The smallest absolute Gasteiger partial charge is 0.341 e. The Bertz CT molecular complexity index is 725. The van der Waals surface area contributed by atoms with Crippen LogP contribution in [0.2, 0.25) is 0 Å². The molecule has 2 aromatic carbocycles. The molecule has 2 N–H and O–H groups in total. The quantitative estimate of drug-likeness (QED) is 0.657. The number of carbonyl (C=O) groups is 2. The largest absolute Gasteiger partial charge is 0.505 e. The third-order valence-corrected chi connectivity index (χ3v) is 3.44. The van der Waals surface area contributed by atoms with Crippen LogP contribution in [0, 0.1) is 6.92 Å². The highest BCUT2D eigenvalue weighted by atomic mass is 16.5. The van der Waals surface area contributed by atoms with Gasteiger partial charge in [-0.15, -0.1) is 0 Å². The van der Waals surface area contributed by atoms with E-state index in [0.29, 0.717) is 6.42 Å². The van der Waals surface area contributed by atoms with E-state index in [0.717, 1.165) is 11.1 Å². The number of nitrogens with one attached hydrogen (secondary N) is 1. The van der Waals surface area contributed by atoms with Crippen LogP contribution in [0.15, 0.2) is 42.5 Å². The summed E-state index contributed by atoms with van der Waals surface area (Å²) in [6, 6.07) is 12.5. The van der Waals surface area contributed by atoms with Crippen molar-refractivity contribution in [3.05, 3.63) is 59.2 Å². The zero-order valence-corrected chi connectivity index (χ0v) is 13.1. The number of esters is 1. The number of carbonyl (C=O) groups excluding carboxylic acids is 2. The zero-order valence-electron chi connectivity index (χ0n) is 13.1. The maximum absolute atomic E-state index is 12.0. The van der Waals surface area contributed by atoms with Crippen molar-refractivity contribution in [1.29, 1.82) is 0 Å². The van der Waals surface area contributed by atoms with Gasteiger partial charge in [0.25, 0.3) is 0 Å². The second-order valence-electron chi connectivity index (χ2n) is 5.23. The standard InChI is InChI=1S/C18H19NO4/c1-12-5-3-6-13(11-12)9-10-16(20)19-15-8-4-7-14(17(15)21)18(22)23-2/h3-8,11,21H,9-10H2,1-2H3,(H,19,20). The number of benzene rings is 2. The predicted octanol–water partition coefficient (Wildman–Crippen LogP) is 3.06. The molecule has 0 radical (unpaired) electrons. The number of anilines is 1. The molecule has 0 aliphatic carbocycles. The van der Waals surface area contributed by atoms with E-state index in [4.69, 9.17) is 0 Å². The van der Waals surface area contributed by atoms with E-state index in [-0.39, 0.29) is 29.3 Å². The SMILES string of the molecule is COC(=O)c1cccc(NC(=O)CCc2cccc(C)c2)c1O. The fourth-order valence-electron chi connectivity index (χ4n) is 2.26. The third kappa shape index (κ3) is 4.32. The summed E-state index contributed by atoms with van der Waals surface area (Å²) in [6.07, 6.45) is 0.885. The summed E-state index contributed by atoms with van der Waals surface area (Å²) in [5.41, 5.74) is 2.44. The van der Waals surface area contributed by atoms with Gasteiger partial charge in [-0.3, -0.25) is 4.79 Å². The molecule has 5 heteroatoms. The van der Waals surface area contributed by atoms with Gasteiger partial charge >= 0.3 is 5.97 Å². The lowest BCUT2D eigenvalue weighted by molar-refractivity contribution is -0.116. The van der Waals surface area contributed by atoms with Crippen LogP contribution in [0.1, 0.15) is 27.9 Å². The molecular weight excluding hydrogens is 294 g/mol. The van der Waals surface area contributed by atoms with Gasteiger partial charge in [-0.25, -0.2) is 4.79 Å². The number of aromatic hydroxyl groups is 1. The first-order valence-corrected chi connectivity index (χ1v) is 7.27. The summed E-state index contributed by atoms with van der Waals surface area (Å²) in [6.45, 7) is 2.00. The highest BCUT2D eigenvalue weighted by Gasteiger charge is 2.15. The van der Waals surface area contributed by atoms with Crippen LogP contribution in [0.5, 0.6) is 5.75 Å². The number of hydrogen-bond donors (Lipinski definition) is 2. The van der Waals surface area contributed by atoms with E-state index >= 15 is 0 Å². The van der Waals surface area contributed by atoms with Crippen molar-refractivity contribution in [2.24, 2.45) is 0 Å². The maximum Gasteiger partial charge on any atom is 0.341 e. The molecule has 1 amide bonds. The summed E-state index contributed by atoms with van der Waals surface area (Å²) in [5, 5.41) is 12.7. The first-order chi connectivity index (χ1) is 11.0. The average Bonchev–Trinajstić information content (AvgIpc) is 2.54. The number of aryl methyl sites for hydroxylation is 2. The van der Waals surface area contributed by atoms with Gasteiger partial charge in [-0.1, -0.05) is 35.9 Å². The van der Waals surface area contributed by atoms with Crippen molar-refractivity contribution in [3.8, 4) is 5.75 Å². The van der Waals surface area contributed by atoms with Crippen LogP contribution >= 0.6 is 0 Å². The van der Waals surface area contributed by atoms with E-state index in [1.54, 1.807) is 6.07 Å². The van der Waals surface area contributed by atoms with Crippen molar-refractivity contribution < 1.29 is 19.4 Å². The van der Waals surface area contributed by atoms with Gasteiger partial charge in [0, 0.05) is 6.42 Å². The number of rotatable bonds is 5. The minimum Gasteiger partial charge on any atom is -0.505 e. The van der Waals surface area contributed by atoms with Crippen molar-refractivity contribution in [3.63, 3.8) is 0 Å². The Hall–Kier alpha value is -2.82. The van der Waals surface area contributed by atoms with E-state index in [1.807, 2.05) is 31.2 Å². The number of ether oxygens (including phenoxy) is 1. The summed E-state index contributed by atoms with van der Waals surface area (Å²) >= 11 is 0. The summed E-state index contributed by atoms with van der Waals surface area (Å²) in [7, 11) is 1.23. The lowest BCUT2D eigenvalue weighted by Crippen LogP contribution is -2.13. The van der Waals surface area contributed by atoms with Crippen molar-refractivity contribution in [1.82, 2.24) is 0 Å². The van der Waals surface area contributed by atoms with E-state index in [9.17, 15) is 14.7 Å². The minimum absolute atomic E-state index is 0.0176. The van der Waals surface area contributed by atoms with Crippen LogP contribution < -0.4 is 5.32 Å². The highest BCUT2D eigenvalue weighted by Crippen LogP contribution is 2.28. The topological polar surface area (TPSA) is 75.6 Å². The molecule has 0 heterocycles. The molecule has 0 aromatic heterocycles. The normalized spacial score (nSPS) is 10.2. The van der Waals surface area contributed by atoms with Gasteiger partial charge < -0.3 is 15.2 Å². The molecule has 0 aliphatic heterocycles. The van der Waals surface area contributed by atoms with Gasteiger partial charge in [0.15, 0.2) is 5.75 Å². The predicted molar refractivity (Wildman–Crippen MR) is 87.6 cm³/mol. The average molecular weight is 313 g/mol. The van der Waals surface area contributed by atoms with Crippen LogP contribution in [0.25, 0.3) is 0 Å². The molecular formula is C18H19NO4. The Morgan fingerprint density at radius 1 is 1.17 bits per heavy atom. The Morgan fingerprint density at radius 2 is 1.91 bits per heavy atom. The van der Waals surface area contributed by atoms with Crippen LogP contribution in [-0.4, -0.2) is 24.1 Å². The molecule has 0 unspecified atom stereocenters. The highest BCUT2D eigenvalue weighted by molar-refractivity contribution is 5.98. The van der Waals surface area contributed by atoms with Gasteiger partial charge in [0.2, 0.25) is 5.91 Å². The van der Waals surface area contributed by atoms with E-state index in [1.165, 1.54) is 19.2 Å². The Balaban J connectivity index is 2.02. The van der Waals surface area contributed by atoms with Gasteiger partial charge in [0.05, 0.1) is 12.8 Å². The first kappa shape index (κ1) is 16.5. The van der Waals surface area contributed by atoms with Crippen molar-refractivity contribution in [2.45, 2.75) is 19.8 Å². The molecule has 0 fully saturated rings. The van der Waals surface area contributed by atoms with Crippen LogP contribution in [-0.2, 0) is 16.0 Å². The zero-order chi connectivity index (χ0) is 16.8. The molecule has 0 saturated heterocycles. The van der Waals surface area contributed by atoms with E-state index < -0.39 is 5.97 Å². The number of phenolic OH excluding ortho intramolecular Hbond substituents is 1. The summed E-state index contributed by atoms with van der Waals surface area (Å²) in [5.74, 6) is -1.18. The number of amides is 1. The summed E-state index contributed by atoms with van der Waals surface area (Å²) in [4.78, 5) is 23.6. The number of hydrogen-bond acceptors (Lipinski definition) is 4. The molecule has 5 nitrogen and oxygen atoms in total. The number of para-hydroxylation sites is 1. The number of phenols is 1.